The number of aliphatic imine (C=N–C) groups is 1. The third-order valence-electron chi connectivity index (χ3n) is 4.80. The zero-order valence-corrected chi connectivity index (χ0v) is 14.7. The van der Waals surface area contributed by atoms with Crippen molar-refractivity contribution < 1.29 is 14.0 Å². The third kappa shape index (κ3) is 3.70. The van der Waals surface area contributed by atoms with E-state index in [9.17, 15) is 0 Å². The number of ether oxygens (including phenoxy) is 2. The second kappa shape index (κ2) is 7.48. The third-order valence-corrected chi connectivity index (χ3v) is 4.80. The van der Waals surface area contributed by atoms with Gasteiger partial charge in [0.1, 0.15) is 6.10 Å². The second-order valence-corrected chi connectivity index (χ2v) is 6.52. The average Bonchev–Trinajstić information content (AvgIpc) is 3.31. The highest BCUT2D eigenvalue weighted by Gasteiger charge is 2.42. The van der Waals surface area contributed by atoms with Crippen molar-refractivity contribution in [2.75, 3.05) is 40.0 Å². The lowest BCUT2D eigenvalue weighted by atomic mass is 9.87. The maximum absolute atomic E-state index is 5.59. The van der Waals surface area contributed by atoms with E-state index < -0.39 is 0 Å². The van der Waals surface area contributed by atoms with Crippen LogP contribution in [0.4, 0.5) is 0 Å². The van der Waals surface area contributed by atoms with Crippen LogP contribution in [0.3, 0.4) is 0 Å². The first-order valence-electron chi connectivity index (χ1n) is 8.63. The van der Waals surface area contributed by atoms with Gasteiger partial charge in [-0.25, -0.2) is 0 Å². The summed E-state index contributed by atoms with van der Waals surface area (Å²) in [6.45, 7) is 8.67. The van der Waals surface area contributed by atoms with Gasteiger partial charge in [0, 0.05) is 38.8 Å². The van der Waals surface area contributed by atoms with Crippen molar-refractivity contribution in [1.29, 1.82) is 0 Å². The summed E-state index contributed by atoms with van der Waals surface area (Å²) >= 11 is 0. The summed E-state index contributed by atoms with van der Waals surface area (Å²) in [5.41, 5.74) is 0.308. The van der Waals surface area contributed by atoms with E-state index in [2.05, 4.69) is 25.3 Å². The molecule has 2 unspecified atom stereocenters. The molecule has 1 aromatic rings. The van der Waals surface area contributed by atoms with Crippen LogP contribution in [0.15, 0.2) is 9.52 Å². The number of aromatic nitrogens is 2. The molecule has 8 nitrogen and oxygen atoms in total. The Morgan fingerprint density at radius 2 is 2.38 bits per heavy atom. The fourth-order valence-electron chi connectivity index (χ4n) is 3.40. The molecule has 0 radical (unpaired) electrons. The Labute approximate surface area is 142 Å². The lowest BCUT2D eigenvalue weighted by Gasteiger charge is -2.24. The van der Waals surface area contributed by atoms with Gasteiger partial charge in [0.25, 0.3) is 0 Å². The molecule has 8 heteroatoms. The SMILES string of the molecule is CCOC(C)c1noc(CNC(=NC)N2CCC3(CCOC3)C2)n1. The number of hydrogen-bond donors (Lipinski definition) is 1. The van der Waals surface area contributed by atoms with Gasteiger partial charge in [0.15, 0.2) is 11.8 Å². The predicted octanol–water partition coefficient (Wildman–Crippen LogP) is 1.35. The quantitative estimate of drug-likeness (QED) is 0.641. The minimum absolute atomic E-state index is 0.160. The van der Waals surface area contributed by atoms with Crippen molar-refractivity contribution in [3.05, 3.63) is 11.7 Å². The smallest absolute Gasteiger partial charge is 0.246 e. The minimum atomic E-state index is -0.160. The fourth-order valence-corrected chi connectivity index (χ4v) is 3.40. The second-order valence-electron chi connectivity index (χ2n) is 6.52. The Morgan fingerprint density at radius 3 is 3.08 bits per heavy atom. The Hall–Kier alpha value is -1.67. The summed E-state index contributed by atoms with van der Waals surface area (Å²) in [6, 6.07) is 0. The summed E-state index contributed by atoms with van der Waals surface area (Å²) in [7, 11) is 1.80. The van der Waals surface area contributed by atoms with E-state index in [0.29, 0.717) is 30.3 Å². The van der Waals surface area contributed by atoms with E-state index in [0.717, 1.165) is 45.1 Å². The number of rotatable bonds is 5. The molecular weight excluding hydrogens is 310 g/mol. The molecule has 0 aliphatic carbocycles. The highest BCUT2D eigenvalue weighted by molar-refractivity contribution is 5.80. The standard InChI is InChI=1S/C16H27N5O3/c1-4-23-12(2)14-19-13(24-20-14)9-18-15(17-3)21-7-5-16(10-21)6-8-22-11-16/h12H,4-11H2,1-3H3,(H,17,18). The van der Waals surface area contributed by atoms with Crippen LogP contribution in [0.25, 0.3) is 0 Å². The summed E-state index contributed by atoms with van der Waals surface area (Å²) in [6.07, 6.45) is 2.14. The van der Waals surface area contributed by atoms with Crippen molar-refractivity contribution in [1.82, 2.24) is 20.4 Å². The zero-order valence-electron chi connectivity index (χ0n) is 14.7. The highest BCUT2D eigenvalue weighted by atomic mass is 16.5. The van der Waals surface area contributed by atoms with Crippen molar-refractivity contribution in [2.45, 2.75) is 39.3 Å². The molecule has 2 aliphatic heterocycles. The maximum Gasteiger partial charge on any atom is 0.246 e. The van der Waals surface area contributed by atoms with Gasteiger partial charge in [-0.15, -0.1) is 0 Å². The molecule has 24 heavy (non-hydrogen) atoms. The van der Waals surface area contributed by atoms with Crippen molar-refractivity contribution in [2.24, 2.45) is 10.4 Å². The molecule has 0 saturated carbocycles. The van der Waals surface area contributed by atoms with Crippen LogP contribution in [-0.4, -0.2) is 61.0 Å². The van der Waals surface area contributed by atoms with Crippen LogP contribution in [0.2, 0.25) is 0 Å². The van der Waals surface area contributed by atoms with Gasteiger partial charge in [0.05, 0.1) is 13.2 Å². The normalized spacial score (nSPS) is 25.6. The Bertz CT molecular complexity index is 568. The molecule has 1 spiro atoms. The summed E-state index contributed by atoms with van der Waals surface area (Å²) < 4.78 is 16.3. The Balaban J connectivity index is 1.53. The van der Waals surface area contributed by atoms with Crippen LogP contribution < -0.4 is 5.32 Å². The molecule has 1 aromatic heterocycles. The van der Waals surface area contributed by atoms with Crippen LogP contribution in [-0.2, 0) is 16.0 Å². The Morgan fingerprint density at radius 1 is 1.50 bits per heavy atom. The molecule has 2 atom stereocenters. The number of guanidine groups is 1. The molecule has 3 rings (SSSR count). The molecule has 2 aliphatic rings. The first-order chi connectivity index (χ1) is 11.7. The van der Waals surface area contributed by atoms with Crippen LogP contribution in [0, 0.1) is 5.41 Å². The zero-order chi connectivity index (χ0) is 17.0. The molecule has 3 heterocycles. The van der Waals surface area contributed by atoms with Gasteiger partial charge >= 0.3 is 0 Å². The number of nitrogens with zero attached hydrogens (tertiary/aromatic N) is 4. The van der Waals surface area contributed by atoms with E-state index in [-0.39, 0.29) is 6.10 Å². The first kappa shape index (κ1) is 17.2. The van der Waals surface area contributed by atoms with E-state index in [1.165, 1.54) is 0 Å². The van der Waals surface area contributed by atoms with Crippen LogP contribution in [0.5, 0.6) is 0 Å². The fraction of sp³-hybridized carbons (Fsp3) is 0.812. The van der Waals surface area contributed by atoms with Crippen LogP contribution in [0.1, 0.15) is 44.5 Å². The van der Waals surface area contributed by atoms with Gasteiger partial charge in [-0.1, -0.05) is 5.16 Å². The number of likely N-dealkylation sites (tertiary alicyclic amines) is 1. The van der Waals surface area contributed by atoms with E-state index >= 15 is 0 Å². The number of nitrogens with one attached hydrogen (secondary N) is 1. The molecule has 0 amide bonds. The summed E-state index contributed by atoms with van der Waals surface area (Å²) in [5.74, 6) is 1.99. The first-order valence-corrected chi connectivity index (χ1v) is 8.63. The maximum atomic E-state index is 5.59. The molecule has 1 N–H and O–H groups in total. The topological polar surface area (TPSA) is 85.0 Å². The molecular formula is C16H27N5O3. The van der Waals surface area contributed by atoms with Crippen molar-refractivity contribution in [3.63, 3.8) is 0 Å². The van der Waals surface area contributed by atoms with E-state index in [1.54, 1.807) is 7.05 Å². The summed E-state index contributed by atoms with van der Waals surface area (Å²) in [5, 5.41) is 7.29. The molecule has 0 aromatic carbocycles. The van der Waals surface area contributed by atoms with Gasteiger partial charge < -0.3 is 24.2 Å². The lowest BCUT2D eigenvalue weighted by Crippen LogP contribution is -2.41. The van der Waals surface area contributed by atoms with Crippen molar-refractivity contribution in [3.8, 4) is 0 Å². The molecule has 134 valence electrons. The van der Waals surface area contributed by atoms with E-state index in [4.69, 9.17) is 14.0 Å². The largest absolute Gasteiger partial charge is 0.381 e. The highest BCUT2D eigenvalue weighted by Crippen LogP contribution is 2.38. The molecule has 2 saturated heterocycles. The van der Waals surface area contributed by atoms with E-state index in [1.807, 2.05) is 13.8 Å². The predicted molar refractivity (Wildman–Crippen MR) is 88.6 cm³/mol. The minimum Gasteiger partial charge on any atom is -0.381 e. The van der Waals surface area contributed by atoms with Gasteiger partial charge in [-0.3, -0.25) is 4.99 Å². The lowest BCUT2D eigenvalue weighted by molar-refractivity contribution is 0.0683. The van der Waals surface area contributed by atoms with Gasteiger partial charge in [-0.05, 0) is 26.7 Å². The number of hydrogen-bond acceptors (Lipinski definition) is 6. The van der Waals surface area contributed by atoms with Crippen molar-refractivity contribution >= 4 is 5.96 Å². The summed E-state index contributed by atoms with van der Waals surface area (Å²) in [4.78, 5) is 11.0. The molecule has 0 bridgehead atoms. The average molecular weight is 337 g/mol. The van der Waals surface area contributed by atoms with Crippen LogP contribution >= 0.6 is 0 Å². The van der Waals surface area contributed by atoms with Gasteiger partial charge in [-0.2, -0.15) is 4.98 Å². The van der Waals surface area contributed by atoms with Gasteiger partial charge in [0.2, 0.25) is 5.89 Å². The Kier molecular flexibility index (Phi) is 5.35. The monoisotopic (exact) mass is 337 g/mol. The molecule has 2 fully saturated rings.